The summed E-state index contributed by atoms with van der Waals surface area (Å²) < 4.78 is 2.19. The summed E-state index contributed by atoms with van der Waals surface area (Å²) in [6, 6.07) is 2.03. The lowest BCUT2D eigenvalue weighted by Gasteiger charge is -2.34. The van der Waals surface area contributed by atoms with Crippen LogP contribution in [-0.4, -0.2) is 22.1 Å². The van der Waals surface area contributed by atoms with Gasteiger partial charge in [-0.25, -0.2) is 0 Å². The van der Waals surface area contributed by atoms with Crippen molar-refractivity contribution in [1.82, 2.24) is 9.88 Å². The smallest absolute Gasteiger partial charge is 0.223 e. The van der Waals surface area contributed by atoms with Crippen molar-refractivity contribution in [2.45, 2.75) is 52.2 Å². The molecule has 3 rings (SSSR count). The van der Waals surface area contributed by atoms with Crippen molar-refractivity contribution in [3.05, 3.63) is 23.5 Å². The van der Waals surface area contributed by atoms with Crippen LogP contribution in [0.2, 0.25) is 0 Å². The Morgan fingerprint density at radius 2 is 2.25 bits per heavy atom. The lowest BCUT2D eigenvalue weighted by atomic mass is 9.75. The highest BCUT2D eigenvalue weighted by molar-refractivity contribution is 5.80. The maximum absolute atomic E-state index is 11.6. The molecule has 0 saturated heterocycles. The molecular formula is C16H24N2O2. The Kier molecular flexibility index (Phi) is 3.36. The standard InChI is InChI=1S/C16H24N2O2/c1-16(2)9-13-12(14(19)10-16)5-7-18(13)8-6-17-15(20)11-3-4-11/h5,7,11,14,19H,3-4,6,8-10H2,1-2H3,(H,17,20). The Labute approximate surface area is 120 Å². The quantitative estimate of drug-likeness (QED) is 0.884. The van der Waals surface area contributed by atoms with Crippen molar-refractivity contribution in [3.63, 3.8) is 0 Å². The summed E-state index contributed by atoms with van der Waals surface area (Å²) >= 11 is 0. The van der Waals surface area contributed by atoms with E-state index in [0.29, 0.717) is 6.54 Å². The predicted octanol–water partition coefficient (Wildman–Crippen LogP) is 2.02. The van der Waals surface area contributed by atoms with Gasteiger partial charge in [0.05, 0.1) is 6.10 Å². The van der Waals surface area contributed by atoms with E-state index in [1.807, 2.05) is 12.3 Å². The molecule has 1 unspecified atom stereocenters. The van der Waals surface area contributed by atoms with Crippen molar-refractivity contribution in [2.24, 2.45) is 11.3 Å². The van der Waals surface area contributed by atoms with Gasteiger partial charge < -0.3 is 15.0 Å². The SMILES string of the molecule is CC1(C)Cc2c(ccn2CCNC(=O)C2CC2)C(O)C1. The Morgan fingerprint density at radius 1 is 1.50 bits per heavy atom. The molecule has 1 atom stereocenters. The number of nitrogens with one attached hydrogen (secondary N) is 1. The minimum atomic E-state index is -0.351. The van der Waals surface area contributed by atoms with E-state index in [1.165, 1.54) is 5.69 Å². The zero-order valence-electron chi connectivity index (χ0n) is 12.4. The Morgan fingerprint density at radius 3 is 2.95 bits per heavy atom. The fourth-order valence-corrected chi connectivity index (χ4v) is 3.19. The first-order chi connectivity index (χ1) is 9.46. The van der Waals surface area contributed by atoms with Crippen LogP contribution in [0.5, 0.6) is 0 Å². The predicted molar refractivity (Wildman–Crippen MR) is 77.2 cm³/mol. The van der Waals surface area contributed by atoms with Gasteiger partial charge in [-0.3, -0.25) is 4.79 Å². The topological polar surface area (TPSA) is 54.3 Å². The summed E-state index contributed by atoms with van der Waals surface area (Å²) in [7, 11) is 0. The summed E-state index contributed by atoms with van der Waals surface area (Å²) in [5.74, 6) is 0.473. The van der Waals surface area contributed by atoms with Crippen molar-refractivity contribution in [2.75, 3.05) is 6.54 Å². The van der Waals surface area contributed by atoms with Crippen molar-refractivity contribution in [3.8, 4) is 0 Å². The number of aliphatic hydroxyl groups excluding tert-OH is 1. The number of nitrogens with zero attached hydrogens (tertiary/aromatic N) is 1. The molecule has 1 aromatic rings. The zero-order valence-corrected chi connectivity index (χ0v) is 12.4. The molecule has 0 aromatic carbocycles. The highest BCUT2D eigenvalue weighted by atomic mass is 16.3. The molecule has 110 valence electrons. The van der Waals surface area contributed by atoms with Gasteiger partial charge in [-0.05, 0) is 37.2 Å². The normalized spacial score (nSPS) is 24.2. The number of aromatic nitrogens is 1. The van der Waals surface area contributed by atoms with Crippen LogP contribution in [0.1, 0.15) is 50.5 Å². The fourth-order valence-electron chi connectivity index (χ4n) is 3.19. The van der Waals surface area contributed by atoms with Crippen LogP contribution in [0, 0.1) is 11.3 Å². The third kappa shape index (κ3) is 2.75. The van der Waals surface area contributed by atoms with Crippen LogP contribution in [0.25, 0.3) is 0 Å². The number of aliphatic hydroxyl groups is 1. The van der Waals surface area contributed by atoms with E-state index in [4.69, 9.17) is 0 Å². The second kappa shape index (κ2) is 4.92. The van der Waals surface area contributed by atoms with E-state index < -0.39 is 0 Å². The van der Waals surface area contributed by atoms with E-state index in [9.17, 15) is 9.90 Å². The minimum Gasteiger partial charge on any atom is -0.388 e. The average Bonchev–Trinajstić information content (AvgIpc) is 3.12. The number of hydrogen-bond acceptors (Lipinski definition) is 2. The van der Waals surface area contributed by atoms with Gasteiger partial charge in [0.2, 0.25) is 5.91 Å². The molecule has 1 amide bonds. The molecular weight excluding hydrogens is 252 g/mol. The number of carbonyl (C=O) groups excluding carboxylic acids is 1. The third-order valence-corrected chi connectivity index (χ3v) is 4.46. The summed E-state index contributed by atoms with van der Waals surface area (Å²) in [6.45, 7) is 5.86. The number of hydrogen-bond donors (Lipinski definition) is 2. The maximum atomic E-state index is 11.6. The van der Waals surface area contributed by atoms with Gasteiger partial charge in [-0.2, -0.15) is 0 Å². The molecule has 2 aliphatic carbocycles. The molecule has 1 aromatic heterocycles. The average molecular weight is 276 g/mol. The second-order valence-electron chi connectivity index (χ2n) is 7.04. The molecule has 0 bridgehead atoms. The summed E-state index contributed by atoms with van der Waals surface area (Å²) in [5, 5.41) is 13.2. The van der Waals surface area contributed by atoms with E-state index in [-0.39, 0.29) is 23.3 Å². The molecule has 0 radical (unpaired) electrons. The largest absolute Gasteiger partial charge is 0.388 e. The molecule has 2 aliphatic rings. The summed E-state index contributed by atoms with van der Waals surface area (Å²) in [4.78, 5) is 11.6. The van der Waals surface area contributed by atoms with Crippen molar-refractivity contribution >= 4 is 5.91 Å². The molecule has 0 spiro atoms. The molecule has 2 N–H and O–H groups in total. The maximum Gasteiger partial charge on any atom is 0.223 e. The zero-order chi connectivity index (χ0) is 14.3. The van der Waals surface area contributed by atoms with Crippen LogP contribution in [0.3, 0.4) is 0 Å². The van der Waals surface area contributed by atoms with Crippen LogP contribution in [0.15, 0.2) is 12.3 Å². The Hall–Kier alpha value is -1.29. The lowest BCUT2D eigenvalue weighted by molar-refractivity contribution is -0.122. The summed E-state index contributed by atoms with van der Waals surface area (Å²) in [6.07, 6.45) is 5.59. The number of carbonyl (C=O) groups is 1. The number of amides is 1. The van der Waals surface area contributed by atoms with E-state index in [0.717, 1.165) is 37.8 Å². The molecule has 4 nitrogen and oxygen atoms in total. The van der Waals surface area contributed by atoms with Crippen molar-refractivity contribution in [1.29, 1.82) is 0 Å². The Bertz CT molecular complexity index is 515. The first-order valence-corrected chi connectivity index (χ1v) is 7.60. The van der Waals surface area contributed by atoms with Crippen molar-refractivity contribution < 1.29 is 9.90 Å². The lowest BCUT2D eigenvalue weighted by Crippen LogP contribution is -2.30. The van der Waals surface area contributed by atoms with Crippen LogP contribution < -0.4 is 5.32 Å². The first-order valence-electron chi connectivity index (χ1n) is 7.60. The van der Waals surface area contributed by atoms with E-state index in [2.05, 4.69) is 23.7 Å². The molecule has 1 heterocycles. The molecule has 1 fully saturated rings. The molecule has 1 saturated carbocycles. The van der Waals surface area contributed by atoms with Gasteiger partial charge >= 0.3 is 0 Å². The second-order valence-corrected chi connectivity index (χ2v) is 7.04. The molecule has 20 heavy (non-hydrogen) atoms. The van der Waals surface area contributed by atoms with Crippen LogP contribution >= 0.6 is 0 Å². The highest BCUT2D eigenvalue weighted by Crippen LogP contribution is 2.41. The van der Waals surface area contributed by atoms with E-state index >= 15 is 0 Å². The van der Waals surface area contributed by atoms with Gasteiger partial charge in [0.1, 0.15) is 0 Å². The van der Waals surface area contributed by atoms with Gasteiger partial charge in [0.25, 0.3) is 0 Å². The molecule has 4 heteroatoms. The first kappa shape index (κ1) is 13.7. The third-order valence-electron chi connectivity index (χ3n) is 4.46. The van der Waals surface area contributed by atoms with Crippen LogP contribution in [0.4, 0.5) is 0 Å². The number of rotatable bonds is 4. The van der Waals surface area contributed by atoms with Gasteiger partial charge in [-0.1, -0.05) is 13.8 Å². The Balaban J connectivity index is 1.64. The van der Waals surface area contributed by atoms with Gasteiger partial charge in [0, 0.05) is 36.5 Å². The number of fused-ring (bicyclic) bond motifs is 1. The summed E-state index contributed by atoms with van der Waals surface area (Å²) in [5.41, 5.74) is 2.44. The molecule has 0 aliphatic heterocycles. The monoisotopic (exact) mass is 276 g/mol. The van der Waals surface area contributed by atoms with E-state index in [1.54, 1.807) is 0 Å². The highest BCUT2D eigenvalue weighted by Gasteiger charge is 2.33. The minimum absolute atomic E-state index is 0.139. The van der Waals surface area contributed by atoms with Gasteiger partial charge in [0.15, 0.2) is 0 Å². The van der Waals surface area contributed by atoms with Gasteiger partial charge in [-0.15, -0.1) is 0 Å². The fraction of sp³-hybridized carbons (Fsp3) is 0.688. The van der Waals surface area contributed by atoms with Crippen LogP contribution in [-0.2, 0) is 17.8 Å².